The Hall–Kier alpha value is -2.86. The fourth-order valence-electron chi connectivity index (χ4n) is 3.15. The molecule has 1 aliphatic rings. The normalized spacial score (nSPS) is 16.8. The number of hydrogen-bond donors (Lipinski definition) is 2. The summed E-state index contributed by atoms with van der Waals surface area (Å²) < 4.78 is 5.62. The van der Waals surface area contributed by atoms with Crippen LogP contribution in [0.5, 0.6) is 5.75 Å². The Kier molecular flexibility index (Phi) is 5.86. The number of hydrazine groups is 1. The number of likely N-dealkylation sites (tertiary alicyclic amines) is 1. The molecule has 0 aromatic heterocycles. The maximum Gasteiger partial charge on any atom is 0.260 e. The molecule has 1 unspecified atom stereocenters. The molecule has 1 aliphatic heterocycles. The monoisotopic (exact) mass is 353 g/mol. The Balaban J connectivity index is 1.53. The predicted molar refractivity (Wildman–Crippen MR) is 99.0 cm³/mol. The van der Waals surface area contributed by atoms with Gasteiger partial charge in [0.05, 0.1) is 5.92 Å². The summed E-state index contributed by atoms with van der Waals surface area (Å²) in [5.41, 5.74) is 4.39. The van der Waals surface area contributed by atoms with Crippen LogP contribution >= 0.6 is 0 Å². The van der Waals surface area contributed by atoms with Gasteiger partial charge in [-0.2, -0.15) is 0 Å². The van der Waals surface area contributed by atoms with Crippen LogP contribution in [0.4, 0.5) is 0 Å². The Morgan fingerprint density at radius 1 is 1.08 bits per heavy atom. The summed E-state index contributed by atoms with van der Waals surface area (Å²) in [6, 6.07) is 17.7. The second kappa shape index (κ2) is 8.49. The molecule has 26 heavy (non-hydrogen) atoms. The van der Waals surface area contributed by atoms with E-state index in [4.69, 9.17) is 10.6 Å². The number of piperidine rings is 1. The van der Waals surface area contributed by atoms with E-state index >= 15 is 0 Å². The maximum absolute atomic E-state index is 12.4. The van der Waals surface area contributed by atoms with Crippen molar-refractivity contribution in [2.75, 3.05) is 19.7 Å². The molecule has 1 fully saturated rings. The minimum atomic E-state index is -0.247. The molecule has 0 radical (unpaired) electrons. The second-order valence-corrected chi connectivity index (χ2v) is 6.37. The van der Waals surface area contributed by atoms with E-state index in [0.29, 0.717) is 18.8 Å². The molecular formula is C20H23N3O3. The zero-order valence-electron chi connectivity index (χ0n) is 14.6. The van der Waals surface area contributed by atoms with Crippen molar-refractivity contribution in [3.8, 4) is 16.9 Å². The van der Waals surface area contributed by atoms with Gasteiger partial charge in [0.25, 0.3) is 5.91 Å². The number of carbonyl (C=O) groups excluding carboxylic acids is 2. The average Bonchev–Trinajstić information content (AvgIpc) is 2.72. The molecule has 0 spiro atoms. The molecule has 3 rings (SSSR count). The molecule has 2 aromatic carbocycles. The zero-order valence-corrected chi connectivity index (χ0v) is 14.6. The van der Waals surface area contributed by atoms with Gasteiger partial charge in [0.15, 0.2) is 6.61 Å². The highest BCUT2D eigenvalue weighted by Gasteiger charge is 2.28. The van der Waals surface area contributed by atoms with Crippen LogP contribution in [0.3, 0.4) is 0 Å². The highest BCUT2D eigenvalue weighted by Crippen LogP contribution is 2.22. The van der Waals surface area contributed by atoms with E-state index in [-0.39, 0.29) is 24.3 Å². The molecule has 2 amide bonds. The van der Waals surface area contributed by atoms with E-state index < -0.39 is 0 Å². The molecule has 0 bridgehead atoms. The number of nitrogens with zero attached hydrogens (tertiary/aromatic N) is 1. The van der Waals surface area contributed by atoms with E-state index in [9.17, 15) is 9.59 Å². The first kappa shape index (κ1) is 17.9. The lowest BCUT2D eigenvalue weighted by Gasteiger charge is -2.31. The Morgan fingerprint density at radius 3 is 2.46 bits per heavy atom. The number of ether oxygens (including phenoxy) is 1. The number of benzene rings is 2. The summed E-state index contributed by atoms with van der Waals surface area (Å²) in [6.07, 6.45) is 1.53. The van der Waals surface area contributed by atoms with Gasteiger partial charge in [0, 0.05) is 13.1 Å². The molecule has 6 heteroatoms. The molecule has 136 valence electrons. The first-order valence-corrected chi connectivity index (χ1v) is 8.74. The van der Waals surface area contributed by atoms with Crippen molar-refractivity contribution in [1.82, 2.24) is 10.3 Å². The topological polar surface area (TPSA) is 84.7 Å². The van der Waals surface area contributed by atoms with E-state index in [1.54, 1.807) is 4.90 Å². The van der Waals surface area contributed by atoms with Gasteiger partial charge in [-0.1, -0.05) is 42.5 Å². The molecule has 6 nitrogen and oxygen atoms in total. The Labute approximate surface area is 152 Å². The SMILES string of the molecule is NNC(=O)C1CCCN(C(=O)COc2ccc(-c3ccccc3)cc2)C1. The fraction of sp³-hybridized carbons (Fsp3) is 0.300. The van der Waals surface area contributed by atoms with Gasteiger partial charge in [-0.3, -0.25) is 15.0 Å². The van der Waals surface area contributed by atoms with Crippen molar-refractivity contribution in [3.63, 3.8) is 0 Å². The highest BCUT2D eigenvalue weighted by atomic mass is 16.5. The molecule has 1 atom stereocenters. The van der Waals surface area contributed by atoms with Crippen LogP contribution in [0.1, 0.15) is 12.8 Å². The van der Waals surface area contributed by atoms with Crippen LogP contribution in [0.15, 0.2) is 54.6 Å². The molecule has 2 aromatic rings. The number of hydrogen-bond acceptors (Lipinski definition) is 4. The van der Waals surface area contributed by atoms with Gasteiger partial charge in [0.2, 0.25) is 5.91 Å². The van der Waals surface area contributed by atoms with Gasteiger partial charge in [-0.25, -0.2) is 5.84 Å². The number of nitrogens with one attached hydrogen (secondary N) is 1. The zero-order chi connectivity index (χ0) is 18.4. The maximum atomic E-state index is 12.4. The smallest absolute Gasteiger partial charge is 0.260 e. The van der Waals surface area contributed by atoms with Gasteiger partial charge in [-0.15, -0.1) is 0 Å². The third-order valence-electron chi connectivity index (χ3n) is 4.61. The molecule has 0 saturated carbocycles. The lowest BCUT2D eigenvalue weighted by Crippen LogP contribution is -2.48. The van der Waals surface area contributed by atoms with Crippen LogP contribution in [0, 0.1) is 5.92 Å². The molecule has 0 aliphatic carbocycles. The lowest BCUT2D eigenvalue weighted by atomic mass is 9.97. The summed E-state index contributed by atoms with van der Waals surface area (Å²) in [6.45, 7) is 0.989. The second-order valence-electron chi connectivity index (χ2n) is 6.37. The number of amides is 2. The molecule has 1 heterocycles. The van der Waals surface area contributed by atoms with Gasteiger partial charge >= 0.3 is 0 Å². The number of nitrogens with two attached hydrogens (primary N) is 1. The van der Waals surface area contributed by atoms with Crippen LogP contribution in [0.25, 0.3) is 11.1 Å². The number of carbonyl (C=O) groups is 2. The quantitative estimate of drug-likeness (QED) is 0.489. The summed E-state index contributed by atoms with van der Waals surface area (Å²) in [5.74, 6) is 5.24. The van der Waals surface area contributed by atoms with Crippen LogP contribution in [0.2, 0.25) is 0 Å². The van der Waals surface area contributed by atoms with Crippen LogP contribution in [-0.4, -0.2) is 36.4 Å². The van der Waals surface area contributed by atoms with E-state index in [2.05, 4.69) is 5.43 Å². The third-order valence-corrected chi connectivity index (χ3v) is 4.61. The Morgan fingerprint density at radius 2 is 1.77 bits per heavy atom. The van der Waals surface area contributed by atoms with E-state index in [0.717, 1.165) is 24.0 Å². The van der Waals surface area contributed by atoms with Gasteiger partial charge < -0.3 is 9.64 Å². The molecule has 1 saturated heterocycles. The summed E-state index contributed by atoms with van der Waals surface area (Å²) in [7, 11) is 0. The molecular weight excluding hydrogens is 330 g/mol. The first-order chi connectivity index (χ1) is 12.7. The minimum absolute atomic E-state index is 0.0400. The van der Waals surface area contributed by atoms with Crippen molar-refractivity contribution in [3.05, 3.63) is 54.6 Å². The molecule has 3 N–H and O–H groups in total. The summed E-state index contributed by atoms with van der Waals surface area (Å²) in [5, 5.41) is 0. The summed E-state index contributed by atoms with van der Waals surface area (Å²) >= 11 is 0. The highest BCUT2D eigenvalue weighted by molar-refractivity contribution is 5.81. The number of rotatable bonds is 5. The van der Waals surface area contributed by atoms with Crippen LogP contribution < -0.4 is 16.0 Å². The third kappa shape index (κ3) is 4.40. The summed E-state index contributed by atoms with van der Waals surface area (Å²) in [4.78, 5) is 25.7. The van der Waals surface area contributed by atoms with Crippen LogP contribution in [-0.2, 0) is 9.59 Å². The first-order valence-electron chi connectivity index (χ1n) is 8.74. The van der Waals surface area contributed by atoms with E-state index in [1.165, 1.54) is 0 Å². The van der Waals surface area contributed by atoms with E-state index in [1.807, 2.05) is 54.6 Å². The average molecular weight is 353 g/mol. The largest absolute Gasteiger partial charge is 0.484 e. The van der Waals surface area contributed by atoms with Crippen molar-refractivity contribution in [2.24, 2.45) is 11.8 Å². The van der Waals surface area contributed by atoms with Crippen molar-refractivity contribution < 1.29 is 14.3 Å². The fourth-order valence-corrected chi connectivity index (χ4v) is 3.15. The standard InChI is InChI=1S/C20H23N3O3/c21-22-20(25)17-7-4-12-23(13-17)19(24)14-26-18-10-8-16(9-11-18)15-5-2-1-3-6-15/h1-3,5-6,8-11,17H,4,7,12-14,21H2,(H,22,25). The van der Waals surface area contributed by atoms with Crippen molar-refractivity contribution >= 4 is 11.8 Å². The minimum Gasteiger partial charge on any atom is -0.484 e. The van der Waals surface area contributed by atoms with Gasteiger partial charge in [0.1, 0.15) is 5.75 Å². The van der Waals surface area contributed by atoms with Gasteiger partial charge in [-0.05, 0) is 36.1 Å². The van der Waals surface area contributed by atoms with Crippen molar-refractivity contribution in [1.29, 1.82) is 0 Å². The lowest BCUT2D eigenvalue weighted by molar-refractivity contribution is -0.137. The Bertz CT molecular complexity index is 747. The predicted octanol–water partition coefficient (Wildman–Crippen LogP) is 1.96. The van der Waals surface area contributed by atoms with Crippen molar-refractivity contribution in [2.45, 2.75) is 12.8 Å².